The van der Waals surface area contributed by atoms with Crippen LogP contribution in [0.25, 0.3) is 0 Å². The van der Waals surface area contributed by atoms with Crippen molar-refractivity contribution < 1.29 is 10.0 Å². The molecule has 1 saturated heterocycles. The Morgan fingerprint density at radius 3 is 2.79 bits per heavy atom. The summed E-state index contributed by atoms with van der Waals surface area (Å²) in [6, 6.07) is 4.85. The molecule has 0 amide bonds. The number of hydrogen-bond acceptors (Lipinski definition) is 5. The average Bonchev–Trinajstić information content (AvgIpc) is 2.91. The van der Waals surface area contributed by atoms with Crippen molar-refractivity contribution in [2.24, 2.45) is 11.8 Å². The molecular weight excluding hydrogens is 246 g/mol. The SMILES string of the molecule is Nc1cc(N2CC3CCC(O)C3C2)ccc1[N+](=O)[O-]. The summed E-state index contributed by atoms with van der Waals surface area (Å²) in [5, 5.41) is 20.6. The van der Waals surface area contributed by atoms with Crippen molar-refractivity contribution in [1.82, 2.24) is 0 Å². The van der Waals surface area contributed by atoms with E-state index >= 15 is 0 Å². The second-order valence-corrected chi connectivity index (χ2v) is 5.47. The Balaban J connectivity index is 1.81. The minimum atomic E-state index is -0.471. The molecule has 102 valence electrons. The molecule has 0 bridgehead atoms. The third-order valence-corrected chi connectivity index (χ3v) is 4.39. The van der Waals surface area contributed by atoms with E-state index < -0.39 is 4.92 Å². The number of benzene rings is 1. The van der Waals surface area contributed by atoms with Crippen molar-refractivity contribution in [2.45, 2.75) is 18.9 Å². The zero-order valence-electron chi connectivity index (χ0n) is 10.5. The van der Waals surface area contributed by atoms with Crippen molar-refractivity contribution in [3.63, 3.8) is 0 Å². The van der Waals surface area contributed by atoms with Gasteiger partial charge in [0.05, 0.1) is 11.0 Å². The second-order valence-electron chi connectivity index (χ2n) is 5.47. The molecule has 1 saturated carbocycles. The van der Waals surface area contributed by atoms with E-state index in [0.29, 0.717) is 11.8 Å². The zero-order chi connectivity index (χ0) is 13.6. The highest BCUT2D eigenvalue weighted by atomic mass is 16.6. The topological polar surface area (TPSA) is 92.6 Å². The molecule has 6 heteroatoms. The number of aliphatic hydroxyl groups is 1. The first-order valence-corrected chi connectivity index (χ1v) is 6.53. The summed E-state index contributed by atoms with van der Waals surface area (Å²) >= 11 is 0. The first-order valence-electron chi connectivity index (χ1n) is 6.53. The molecule has 3 unspecified atom stereocenters. The molecule has 0 spiro atoms. The summed E-state index contributed by atoms with van der Waals surface area (Å²) in [5.74, 6) is 0.864. The van der Waals surface area contributed by atoms with Crippen LogP contribution in [-0.2, 0) is 0 Å². The van der Waals surface area contributed by atoms with Crippen LogP contribution in [0.3, 0.4) is 0 Å². The smallest absolute Gasteiger partial charge is 0.292 e. The van der Waals surface area contributed by atoms with Gasteiger partial charge in [-0.3, -0.25) is 10.1 Å². The van der Waals surface area contributed by atoms with Crippen LogP contribution in [0.4, 0.5) is 17.1 Å². The molecule has 6 nitrogen and oxygen atoms in total. The number of anilines is 2. The third kappa shape index (κ3) is 2.02. The standard InChI is InChI=1S/C13H17N3O3/c14-11-5-9(2-3-12(11)16(18)19)15-6-8-1-4-13(17)10(8)7-15/h2-3,5,8,10,13,17H,1,4,6-7,14H2. The van der Waals surface area contributed by atoms with Gasteiger partial charge in [-0.15, -0.1) is 0 Å². The Hall–Kier alpha value is -1.82. The predicted molar refractivity (Wildman–Crippen MR) is 71.9 cm³/mol. The number of nitrogen functional groups attached to an aromatic ring is 1. The quantitative estimate of drug-likeness (QED) is 0.478. The summed E-state index contributed by atoms with van der Waals surface area (Å²) in [7, 11) is 0. The molecule has 2 aliphatic rings. The van der Waals surface area contributed by atoms with E-state index in [1.54, 1.807) is 12.1 Å². The summed E-state index contributed by atoms with van der Waals surface area (Å²) in [6.45, 7) is 1.71. The fourth-order valence-electron chi connectivity index (χ4n) is 3.35. The normalized spacial score (nSPS) is 29.5. The van der Waals surface area contributed by atoms with Gasteiger partial charge in [-0.25, -0.2) is 0 Å². The molecule has 1 heterocycles. The maximum absolute atomic E-state index is 10.7. The molecule has 3 atom stereocenters. The van der Waals surface area contributed by atoms with Crippen molar-refractivity contribution in [3.05, 3.63) is 28.3 Å². The van der Waals surface area contributed by atoms with Gasteiger partial charge in [0.15, 0.2) is 0 Å². The van der Waals surface area contributed by atoms with E-state index in [9.17, 15) is 15.2 Å². The molecule has 1 aliphatic carbocycles. The molecule has 1 aliphatic heterocycles. The molecule has 0 radical (unpaired) electrons. The molecule has 19 heavy (non-hydrogen) atoms. The van der Waals surface area contributed by atoms with Crippen molar-refractivity contribution in [1.29, 1.82) is 0 Å². The Kier molecular flexibility index (Phi) is 2.82. The van der Waals surface area contributed by atoms with E-state index in [2.05, 4.69) is 4.90 Å². The number of nitro groups is 1. The van der Waals surface area contributed by atoms with Crippen LogP contribution in [0.15, 0.2) is 18.2 Å². The fourth-order valence-corrected chi connectivity index (χ4v) is 3.35. The van der Waals surface area contributed by atoms with Crippen LogP contribution >= 0.6 is 0 Å². The Morgan fingerprint density at radius 2 is 2.16 bits per heavy atom. The summed E-state index contributed by atoms with van der Waals surface area (Å²) in [6.07, 6.45) is 1.75. The van der Waals surface area contributed by atoms with Crippen molar-refractivity contribution >= 4 is 17.1 Å². The predicted octanol–water partition coefficient (Wildman–Crippen LogP) is 1.38. The monoisotopic (exact) mass is 263 g/mol. The highest BCUT2D eigenvalue weighted by Gasteiger charge is 2.41. The van der Waals surface area contributed by atoms with Gasteiger partial charge in [0, 0.05) is 30.8 Å². The van der Waals surface area contributed by atoms with E-state index in [1.165, 1.54) is 6.07 Å². The van der Waals surface area contributed by atoms with Gasteiger partial charge in [-0.05, 0) is 30.9 Å². The second kappa shape index (κ2) is 4.38. The van der Waals surface area contributed by atoms with Gasteiger partial charge in [0.1, 0.15) is 5.69 Å². The molecule has 1 aromatic carbocycles. The van der Waals surface area contributed by atoms with Crippen molar-refractivity contribution in [2.75, 3.05) is 23.7 Å². The largest absolute Gasteiger partial charge is 0.393 e. The first-order chi connectivity index (χ1) is 9.06. The van der Waals surface area contributed by atoms with Crippen LogP contribution in [0, 0.1) is 22.0 Å². The van der Waals surface area contributed by atoms with Gasteiger partial charge >= 0.3 is 0 Å². The first kappa shape index (κ1) is 12.2. The third-order valence-electron chi connectivity index (χ3n) is 4.39. The van der Waals surface area contributed by atoms with Gasteiger partial charge in [-0.2, -0.15) is 0 Å². The summed E-state index contributed by atoms with van der Waals surface area (Å²) < 4.78 is 0. The van der Waals surface area contributed by atoms with Gasteiger partial charge in [0.25, 0.3) is 5.69 Å². The highest BCUT2D eigenvalue weighted by Crippen LogP contribution is 2.40. The number of rotatable bonds is 2. The molecule has 3 N–H and O–H groups in total. The van der Waals surface area contributed by atoms with Crippen LogP contribution < -0.4 is 10.6 Å². The van der Waals surface area contributed by atoms with Crippen molar-refractivity contribution in [3.8, 4) is 0 Å². The van der Waals surface area contributed by atoms with Gasteiger partial charge in [-0.1, -0.05) is 0 Å². The minimum absolute atomic E-state index is 0.0526. The number of aliphatic hydroxyl groups excluding tert-OH is 1. The number of hydrogen-bond donors (Lipinski definition) is 2. The number of nitro benzene ring substituents is 1. The average molecular weight is 263 g/mol. The molecule has 3 rings (SSSR count). The van der Waals surface area contributed by atoms with Crippen LogP contribution in [-0.4, -0.2) is 29.2 Å². The maximum atomic E-state index is 10.7. The van der Waals surface area contributed by atoms with Gasteiger partial charge in [0.2, 0.25) is 0 Å². The summed E-state index contributed by atoms with van der Waals surface area (Å²) in [4.78, 5) is 12.4. The van der Waals surface area contributed by atoms with Gasteiger partial charge < -0.3 is 15.7 Å². The number of nitrogens with zero attached hydrogens (tertiary/aromatic N) is 2. The van der Waals surface area contributed by atoms with E-state index in [4.69, 9.17) is 5.73 Å². The number of fused-ring (bicyclic) bond motifs is 1. The molecule has 1 aromatic rings. The van der Waals surface area contributed by atoms with E-state index in [-0.39, 0.29) is 17.5 Å². The highest BCUT2D eigenvalue weighted by molar-refractivity contribution is 5.67. The Bertz CT molecular complexity index is 520. The molecule has 2 fully saturated rings. The molecular formula is C13H17N3O3. The number of nitrogens with two attached hydrogens (primary N) is 1. The summed E-state index contributed by atoms with van der Waals surface area (Å²) in [5.41, 5.74) is 6.76. The Morgan fingerprint density at radius 1 is 1.37 bits per heavy atom. The minimum Gasteiger partial charge on any atom is -0.393 e. The Labute approximate surface area is 111 Å². The lowest BCUT2D eigenvalue weighted by Gasteiger charge is -2.20. The molecule has 0 aromatic heterocycles. The van der Waals surface area contributed by atoms with Crippen LogP contribution in [0.1, 0.15) is 12.8 Å². The maximum Gasteiger partial charge on any atom is 0.292 e. The fraction of sp³-hybridized carbons (Fsp3) is 0.538. The van der Waals surface area contributed by atoms with E-state index in [1.807, 2.05) is 0 Å². The lowest BCUT2D eigenvalue weighted by molar-refractivity contribution is -0.383. The van der Waals surface area contributed by atoms with E-state index in [0.717, 1.165) is 31.6 Å². The lowest BCUT2D eigenvalue weighted by atomic mass is 10.00. The lowest BCUT2D eigenvalue weighted by Crippen LogP contribution is -2.24. The zero-order valence-corrected chi connectivity index (χ0v) is 10.5. The van der Waals surface area contributed by atoms with Crippen LogP contribution in [0.5, 0.6) is 0 Å². The van der Waals surface area contributed by atoms with Crippen LogP contribution in [0.2, 0.25) is 0 Å².